The smallest absolute Gasteiger partial charge is 0.0349 e. The Morgan fingerprint density at radius 1 is 1.26 bits per heavy atom. The van der Waals surface area contributed by atoms with Crippen molar-refractivity contribution in [2.45, 2.75) is 70.9 Å². The van der Waals surface area contributed by atoms with E-state index in [2.05, 4.69) is 51.9 Å². The fraction of sp³-hybridized carbons (Fsp3) is 0.750. The molecule has 0 heterocycles. The van der Waals surface area contributed by atoms with E-state index < -0.39 is 0 Å². The van der Waals surface area contributed by atoms with Gasteiger partial charge in [0, 0.05) is 11.6 Å². The van der Waals surface area contributed by atoms with Gasteiger partial charge in [-0.05, 0) is 50.1 Å². The first-order valence-corrected chi connectivity index (χ1v) is 7.82. The molecule has 0 fully saturated rings. The Morgan fingerprint density at radius 2 is 1.89 bits per heavy atom. The molecule has 112 valence electrons. The average molecular weight is 285 g/mol. The summed E-state index contributed by atoms with van der Waals surface area (Å²) in [5.41, 5.74) is 7.15. The minimum atomic E-state index is -0.108. The van der Waals surface area contributed by atoms with Crippen LogP contribution in [-0.4, -0.2) is 18.1 Å². The zero-order chi connectivity index (χ0) is 14.9. The number of thiol groups is 1. The lowest BCUT2D eigenvalue weighted by Crippen LogP contribution is -2.46. The van der Waals surface area contributed by atoms with Gasteiger partial charge >= 0.3 is 0 Å². The van der Waals surface area contributed by atoms with Gasteiger partial charge < -0.3 is 11.1 Å². The maximum absolute atomic E-state index is 6.19. The van der Waals surface area contributed by atoms with Crippen molar-refractivity contribution in [3.8, 4) is 0 Å². The normalized spacial score (nSPS) is 13.3. The van der Waals surface area contributed by atoms with Crippen molar-refractivity contribution in [3.63, 3.8) is 0 Å². The van der Waals surface area contributed by atoms with Gasteiger partial charge in [0.15, 0.2) is 0 Å². The third kappa shape index (κ3) is 8.51. The molecule has 1 atom stereocenters. The largest absolute Gasteiger partial charge is 0.324 e. The van der Waals surface area contributed by atoms with Crippen molar-refractivity contribution in [2.75, 3.05) is 6.54 Å². The molecule has 0 aromatic rings. The predicted molar refractivity (Wildman–Crippen MR) is 90.7 cm³/mol. The summed E-state index contributed by atoms with van der Waals surface area (Å²) in [4.78, 5) is 0.883. The standard InChI is InChI=1S/C16H32N2S/c1-6-7-8-9-12-18-16(4,5)14(3)15(17)11-10-13(2)19/h15,18-19H,2-3,6-12,17H2,1,4-5H3. The van der Waals surface area contributed by atoms with Gasteiger partial charge in [0.05, 0.1) is 0 Å². The second kappa shape index (κ2) is 9.62. The van der Waals surface area contributed by atoms with Crippen molar-refractivity contribution in [3.05, 3.63) is 23.6 Å². The van der Waals surface area contributed by atoms with Crippen molar-refractivity contribution >= 4 is 12.6 Å². The Kier molecular flexibility index (Phi) is 9.50. The van der Waals surface area contributed by atoms with Gasteiger partial charge in [0.1, 0.15) is 0 Å². The van der Waals surface area contributed by atoms with Crippen LogP contribution in [0.5, 0.6) is 0 Å². The highest BCUT2D eigenvalue weighted by molar-refractivity contribution is 7.84. The van der Waals surface area contributed by atoms with Crippen molar-refractivity contribution in [1.82, 2.24) is 5.32 Å². The quantitative estimate of drug-likeness (QED) is 0.304. The van der Waals surface area contributed by atoms with Gasteiger partial charge in [0.2, 0.25) is 0 Å². The number of rotatable bonds is 11. The zero-order valence-electron chi connectivity index (χ0n) is 13.0. The molecule has 0 spiro atoms. The van der Waals surface area contributed by atoms with Gasteiger partial charge in [-0.15, -0.1) is 12.6 Å². The van der Waals surface area contributed by atoms with Crippen LogP contribution in [0.3, 0.4) is 0 Å². The van der Waals surface area contributed by atoms with Gasteiger partial charge in [-0.3, -0.25) is 0 Å². The van der Waals surface area contributed by atoms with E-state index in [1.54, 1.807) is 0 Å². The summed E-state index contributed by atoms with van der Waals surface area (Å²) in [5.74, 6) is 0. The first-order chi connectivity index (χ1) is 8.81. The number of hydrogen-bond acceptors (Lipinski definition) is 3. The highest BCUT2D eigenvalue weighted by Gasteiger charge is 2.24. The zero-order valence-corrected chi connectivity index (χ0v) is 13.9. The Labute approximate surface area is 125 Å². The van der Waals surface area contributed by atoms with E-state index in [1.807, 2.05) is 0 Å². The monoisotopic (exact) mass is 284 g/mol. The highest BCUT2D eigenvalue weighted by atomic mass is 32.1. The molecule has 0 aliphatic rings. The van der Waals surface area contributed by atoms with Crippen LogP contribution in [0.2, 0.25) is 0 Å². The average Bonchev–Trinajstić information content (AvgIpc) is 2.34. The lowest BCUT2D eigenvalue weighted by atomic mass is 9.87. The number of hydrogen-bond donors (Lipinski definition) is 3. The third-order valence-electron chi connectivity index (χ3n) is 3.59. The van der Waals surface area contributed by atoms with Crippen LogP contribution in [0.4, 0.5) is 0 Å². The molecule has 0 amide bonds. The molecule has 0 bridgehead atoms. The van der Waals surface area contributed by atoms with E-state index in [1.165, 1.54) is 25.7 Å². The minimum absolute atomic E-state index is 0.00189. The number of nitrogens with one attached hydrogen (secondary N) is 1. The molecule has 0 aromatic carbocycles. The summed E-state index contributed by atoms with van der Waals surface area (Å²) in [7, 11) is 0. The summed E-state index contributed by atoms with van der Waals surface area (Å²) >= 11 is 4.21. The van der Waals surface area contributed by atoms with Crippen LogP contribution in [0.25, 0.3) is 0 Å². The van der Waals surface area contributed by atoms with E-state index in [-0.39, 0.29) is 11.6 Å². The molecular weight excluding hydrogens is 252 g/mol. The van der Waals surface area contributed by atoms with Crippen molar-refractivity contribution in [1.29, 1.82) is 0 Å². The molecule has 0 radical (unpaired) electrons. The van der Waals surface area contributed by atoms with Crippen LogP contribution in [-0.2, 0) is 0 Å². The van der Waals surface area contributed by atoms with Gasteiger partial charge in [-0.2, -0.15) is 0 Å². The van der Waals surface area contributed by atoms with Crippen LogP contribution in [0.1, 0.15) is 59.3 Å². The number of unbranched alkanes of at least 4 members (excludes halogenated alkanes) is 3. The van der Waals surface area contributed by atoms with Gasteiger partial charge in [-0.1, -0.05) is 39.3 Å². The summed E-state index contributed by atoms with van der Waals surface area (Å²) in [6.45, 7) is 15.5. The summed E-state index contributed by atoms with van der Waals surface area (Å²) < 4.78 is 0. The van der Waals surface area contributed by atoms with Crippen LogP contribution >= 0.6 is 12.6 Å². The lowest BCUT2D eigenvalue weighted by Gasteiger charge is -2.32. The van der Waals surface area contributed by atoms with Crippen LogP contribution in [0.15, 0.2) is 23.6 Å². The second-order valence-electron chi connectivity index (χ2n) is 5.85. The SMILES string of the molecule is C=C(S)CCC(N)C(=C)C(C)(C)NCCCCCC. The molecule has 1 unspecified atom stereocenters. The molecule has 0 saturated heterocycles. The summed E-state index contributed by atoms with van der Waals surface area (Å²) in [6, 6.07) is 0.00189. The Balaban J connectivity index is 4.07. The van der Waals surface area contributed by atoms with Crippen LogP contribution in [0, 0.1) is 0 Å². The first kappa shape index (κ1) is 18.8. The molecule has 19 heavy (non-hydrogen) atoms. The highest BCUT2D eigenvalue weighted by Crippen LogP contribution is 2.21. The van der Waals surface area contributed by atoms with Gasteiger partial charge in [0.25, 0.3) is 0 Å². The molecule has 0 aliphatic heterocycles. The van der Waals surface area contributed by atoms with E-state index in [9.17, 15) is 0 Å². The Morgan fingerprint density at radius 3 is 2.42 bits per heavy atom. The lowest BCUT2D eigenvalue weighted by molar-refractivity contribution is 0.413. The molecule has 3 N–H and O–H groups in total. The fourth-order valence-electron chi connectivity index (χ4n) is 2.03. The topological polar surface area (TPSA) is 38.0 Å². The summed E-state index contributed by atoms with van der Waals surface area (Å²) in [6.07, 6.45) is 6.80. The minimum Gasteiger partial charge on any atom is -0.324 e. The first-order valence-electron chi connectivity index (χ1n) is 7.38. The maximum Gasteiger partial charge on any atom is 0.0349 e. The fourth-order valence-corrected chi connectivity index (χ4v) is 2.16. The molecule has 3 heteroatoms. The molecule has 2 nitrogen and oxygen atoms in total. The molecule has 0 saturated carbocycles. The number of allylic oxidation sites excluding steroid dienone is 1. The van der Waals surface area contributed by atoms with E-state index in [0.717, 1.165) is 29.9 Å². The predicted octanol–water partition coefficient (Wildman–Crippen LogP) is 4.04. The third-order valence-corrected chi connectivity index (χ3v) is 3.82. The molecule has 0 aromatic heterocycles. The second-order valence-corrected chi connectivity index (χ2v) is 6.48. The molecular formula is C16H32N2S. The van der Waals surface area contributed by atoms with Crippen molar-refractivity contribution < 1.29 is 0 Å². The van der Waals surface area contributed by atoms with Gasteiger partial charge in [-0.25, -0.2) is 0 Å². The van der Waals surface area contributed by atoms with Crippen LogP contribution < -0.4 is 11.1 Å². The summed E-state index contributed by atoms with van der Waals surface area (Å²) in [5, 5.41) is 3.57. The Bertz CT molecular complexity index is 284. The van der Waals surface area contributed by atoms with E-state index in [4.69, 9.17) is 5.73 Å². The maximum atomic E-state index is 6.19. The van der Waals surface area contributed by atoms with Crippen molar-refractivity contribution in [2.24, 2.45) is 5.73 Å². The van der Waals surface area contributed by atoms with E-state index in [0.29, 0.717) is 0 Å². The molecule has 0 aliphatic carbocycles. The van der Waals surface area contributed by atoms with E-state index >= 15 is 0 Å². The number of nitrogens with two attached hydrogens (primary N) is 1. The Hall–Kier alpha value is -0.250. The molecule has 0 rings (SSSR count).